The highest BCUT2D eigenvalue weighted by Gasteiger charge is 2.17. The van der Waals surface area contributed by atoms with Gasteiger partial charge in [-0.3, -0.25) is 4.99 Å². The number of hydrogen-bond donors (Lipinski definition) is 2. The van der Waals surface area contributed by atoms with Crippen molar-refractivity contribution >= 4 is 5.96 Å². The summed E-state index contributed by atoms with van der Waals surface area (Å²) in [5.41, 5.74) is 1.07. The maximum absolute atomic E-state index is 5.45. The Morgan fingerprint density at radius 2 is 1.93 bits per heavy atom. The smallest absolute Gasteiger partial charge is 0.191 e. The lowest BCUT2D eigenvalue weighted by Crippen LogP contribution is -2.39. The highest BCUT2D eigenvalue weighted by Crippen LogP contribution is 2.24. The molecule has 1 aliphatic rings. The third kappa shape index (κ3) is 6.94. The van der Waals surface area contributed by atoms with Gasteiger partial charge in [0.15, 0.2) is 5.96 Å². The van der Waals surface area contributed by atoms with E-state index in [2.05, 4.69) is 27.6 Å². The molecule has 0 atom stereocenters. The molecule has 0 bridgehead atoms. The summed E-state index contributed by atoms with van der Waals surface area (Å²) in [7, 11) is 7.39. The number of rotatable bonds is 9. The van der Waals surface area contributed by atoms with Gasteiger partial charge in [-0.1, -0.05) is 19.3 Å². The van der Waals surface area contributed by atoms with Crippen LogP contribution in [0.5, 0.6) is 11.5 Å². The van der Waals surface area contributed by atoms with E-state index in [1.165, 1.54) is 32.1 Å². The third-order valence-electron chi connectivity index (χ3n) is 5.34. The molecule has 6 nitrogen and oxygen atoms in total. The van der Waals surface area contributed by atoms with Crippen LogP contribution in [0.25, 0.3) is 0 Å². The van der Waals surface area contributed by atoms with Gasteiger partial charge in [-0.15, -0.1) is 0 Å². The molecule has 152 valence electrons. The Morgan fingerprint density at radius 1 is 1.15 bits per heavy atom. The van der Waals surface area contributed by atoms with Gasteiger partial charge in [0.25, 0.3) is 0 Å². The number of guanidine groups is 1. The van der Waals surface area contributed by atoms with Gasteiger partial charge in [-0.05, 0) is 45.0 Å². The molecule has 1 saturated carbocycles. The normalized spacial score (nSPS) is 15.7. The molecule has 1 aromatic carbocycles. The van der Waals surface area contributed by atoms with Crippen molar-refractivity contribution in [1.29, 1.82) is 0 Å². The fourth-order valence-electron chi connectivity index (χ4n) is 3.64. The second kappa shape index (κ2) is 11.7. The van der Waals surface area contributed by atoms with E-state index in [9.17, 15) is 0 Å². The van der Waals surface area contributed by atoms with Crippen molar-refractivity contribution in [2.24, 2.45) is 4.99 Å². The van der Waals surface area contributed by atoms with Crippen LogP contribution < -0.4 is 20.1 Å². The van der Waals surface area contributed by atoms with Crippen molar-refractivity contribution in [2.45, 2.75) is 51.1 Å². The summed E-state index contributed by atoms with van der Waals surface area (Å²) in [5, 5.41) is 6.76. The van der Waals surface area contributed by atoms with E-state index < -0.39 is 0 Å². The summed E-state index contributed by atoms with van der Waals surface area (Å²) in [5.74, 6) is 2.42. The van der Waals surface area contributed by atoms with E-state index >= 15 is 0 Å². The lowest BCUT2D eigenvalue weighted by Gasteiger charge is -2.31. The van der Waals surface area contributed by atoms with Gasteiger partial charge >= 0.3 is 0 Å². The molecule has 6 heteroatoms. The van der Waals surface area contributed by atoms with Crippen molar-refractivity contribution in [3.63, 3.8) is 0 Å². The minimum atomic E-state index is 0.648. The van der Waals surface area contributed by atoms with Gasteiger partial charge in [-0.25, -0.2) is 0 Å². The number of nitrogens with zero attached hydrogens (tertiary/aromatic N) is 2. The van der Waals surface area contributed by atoms with Gasteiger partial charge in [0.2, 0.25) is 0 Å². The van der Waals surface area contributed by atoms with Crippen LogP contribution in [0.15, 0.2) is 23.2 Å². The lowest BCUT2D eigenvalue weighted by molar-refractivity contribution is 0.190. The zero-order chi connectivity index (χ0) is 19.5. The predicted octanol–water partition coefficient (Wildman–Crippen LogP) is 3.02. The molecule has 2 rings (SSSR count). The van der Waals surface area contributed by atoms with E-state index in [0.29, 0.717) is 6.54 Å². The molecule has 0 amide bonds. The molecule has 0 radical (unpaired) electrons. The molecule has 0 aromatic heterocycles. The van der Waals surface area contributed by atoms with Crippen LogP contribution in [0.3, 0.4) is 0 Å². The van der Waals surface area contributed by atoms with Crippen LogP contribution >= 0.6 is 0 Å². The SMILES string of the molecule is CN=C(NCCCN(C)C1CCCCC1)NCc1ccc(OC)cc1OC. The first kappa shape index (κ1) is 21.4. The van der Waals surface area contributed by atoms with Crippen LogP contribution in [0.2, 0.25) is 0 Å². The fourth-order valence-corrected chi connectivity index (χ4v) is 3.64. The van der Waals surface area contributed by atoms with E-state index in [0.717, 1.165) is 48.6 Å². The zero-order valence-electron chi connectivity index (χ0n) is 17.4. The monoisotopic (exact) mass is 376 g/mol. The summed E-state index contributed by atoms with van der Waals surface area (Å²) in [6, 6.07) is 6.63. The Labute approximate surface area is 164 Å². The van der Waals surface area contributed by atoms with Gasteiger partial charge < -0.3 is 25.0 Å². The van der Waals surface area contributed by atoms with Crippen molar-refractivity contribution in [3.05, 3.63) is 23.8 Å². The second-order valence-electron chi connectivity index (χ2n) is 7.16. The first-order chi connectivity index (χ1) is 13.2. The molecule has 1 aliphatic carbocycles. The molecule has 0 spiro atoms. The minimum Gasteiger partial charge on any atom is -0.497 e. The van der Waals surface area contributed by atoms with Gasteiger partial charge in [0.1, 0.15) is 11.5 Å². The average molecular weight is 377 g/mol. The van der Waals surface area contributed by atoms with Crippen LogP contribution in [-0.4, -0.2) is 58.3 Å². The maximum atomic E-state index is 5.45. The van der Waals surface area contributed by atoms with Crippen LogP contribution in [0, 0.1) is 0 Å². The molecular weight excluding hydrogens is 340 g/mol. The Bertz CT molecular complexity index is 586. The van der Waals surface area contributed by atoms with Crippen LogP contribution in [-0.2, 0) is 6.54 Å². The number of nitrogens with one attached hydrogen (secondary N) is 2. The molecular formula is C21H36N4O2. The van der Waals surface area contributed by atoms with Crippen LogP contribution in [0.1, 0.15) is 44.1 Å². The molecule has 27 heavy (non-hydrogen) atoms. The fraction of sp³-hybridized carbons (Fsp3) is 0.667. The number of aliphatic imine (C=N–C) groups is 1. The first-order valence-corrected chi connectivity index (χ1v) is 10.0. The molecule has 1 fully saturated rings. The zero-order valence-corrected chi connectivity index (χ0v) is 17.4. The molecule has 0 aliphatic heterocycles. The highest BCUT2D eigenvalue weighted by molar-refractivity contribution is 5.79. The largest absolute Gasteiger partial charge is 0.497 e. The average Bonchev–Trinajstić information content (AvgIpc) is 2.73. The number of ether oxygens (including phenoxy) is 2. The lowest BCUT2D eigenvalue weighted by atomic mass is 9.94. The Balaban J connectivity index is 1.71. The Morgan fingerprint density at radius 3 is 2.59 bits per heavy atom. The van der Waals surface area contributed by atoms with E-state index in [4.69, 9.17) is 9.47 Å². The van der Waals surface area contributed by atoms with Crippen molar-refractivity contribution in [3.8, 4) is 11.5 Å². The standard InChI is InChI=1S/C21H36N4O2/c1-22-21(23-13-8-14-25(2)18-9-6-5-7-10-18)24-16-17-11-12-19(26-3)15-20(17)27-4/h11-12,15,18H,5-10,13-14,16H2,1-4H3,(H2,22,23,24). The van der Waals surface area contributed by atoms with E-state index in [1.807, 2.05) is 18.2 Å². The van der Waals surface area contributed by atoms with Crippen LogP contribution in [0.4, 0.5) is 0 Å². The topological polar surface area (TPSA) is 58.1 Å². The predicted molar refractivity (Wildman–Crippen MR) is 112 cm³/mol. The second-order valence-corrected chi connectivity index (χ2v) is 7.16. The van der Waals surface area contributed by atoms with Crippen molar-refractivity contribution in [1.82, 2.24) is 15.5 Å². The van der Waals surface area contributed by atoms with Gasteiger partial charge in [0.05, 0.1) is 14.2 Å². The van der Waals surface area contributed by atoms with Crippen molar-refractivity contribution < 1.29 is 9.47 Å². The summed E-state index contributed by atoms with van der Waals surface area (Å²) in [6.45, 7) is 2.69. The molecule has 0 unspecified atom stereocenters. The molecule has 0 saturated heterocycles. The molecule has 0 heterocycles. The number of hydrogen-bond acceptors (Lipinski definition) is 4. The van der Waals surface area contributed by atoms with E-state index in [1.54, 1.807) is 21.3 Å². The van der Waals surface area contributed by atoms with Gasteiger partial charge in [0, 0.05) is 37.8 Å². The third-order valence-corrected chi connectivity index (χ3v) is 5.34. The maximum Gasteiger partial charge on any atom is 0.191 e. The summed E-state index contributed by atoms with van der Waals surface area (Å²) in [6.07, 6.45) is 8.01. The summed E-state index contributed by atoms with van der Waals surface area (Å²) < 4.78 is 10.7. The number of methoxy groups -OCH3 is 2. The quantitative estimate of drug-likeness (QED) is 0.394. The van der Waals surface area contributed by atoms with E-state index in [-0.39, 0.29) is 0 Å². The first-order valence-electron chi connectivity index (χ1n) is 10.0. The Hall–Kier alpha value is -1.95. The summed E-state index contributed by atoms with van der Waals surface area (Å²) >= 11 is 0. The van der Waals surface area contributed by atoms with Crippen molar-refractivity contribution in [2.75, 3.05) is 41.4 Å². The summed E-state index contributed by atoms with van der Waals surface area (Å²) in [4.78, 5) is 6.84. The molecule has 1 aromatic rings. The number of benzene rings is 1. The highest BCUT2D eigenvalue weighted by atomic mass is 16.5. The Kier molecular flexibility index (Phi) is 9.25. The van der Waals surface area contributed by atoms with Gasteiger partial charge in [-0.2, -0.15) is 0 Å². The minimum absolute atomic E-state index is 0.648. The molecule has 2 N–H and O–H groups in total.